The van der Waals surface area contributed by atoms with Crippen molar-refractivity contribution in [2.45, 2.75) is 13.0 Å². The molecule has 0 unspecified atom stereocenters. The molecule has 0 aliphatic carbocycles. The molecule has 3 N–H and O–H groups in total. The molecule has 7 heteroatoms. The zero-order valence-electron chi connectivity index (χ0n) is 17.0. The van der Waals surface area contributed by atoms with Gasteiger partial charge in [-0.2, -0.15) is 0 Å². The van der Waals surface area contributed by atoms with Gasteiger partial charge in [-0.05, 0) is 37.3 Å². The van der Waals surface area contributed by atoms with E-state index >= 15 is 0 Å². The van der Waals surface area contributed by atoms with Crippen LogP contribution >= 0.6 is 0 Å². The zero-order valence-corrected chi connectivity index (χ0v) is 17.0. The topological polar surface area (TPSA) is 58.3 Å². The molecule has 1 heterocycles. The number of nitrogens with one attached hydrogen (secondary N) is 3. The first kappa shape index (κ1) is 21.0. The van der Waals surface area contributed by atoms with Crippen LogP contribution in [0, 0.1) is 5.82 Å². The summed E-state index contributed by atoms with van der Waals surface area (Å²) >= 11 is 0. The van der Waals surface area contributed by atoms with Gasteiger partial charge in [0.25, 0.3) is 11.8 Å². The molecule has 1 fully saturated rings. The maximum atomic E-state index is 13.2. The van der Waals surface area contributed by atoms with Crippen molar-refractivity contribution in [3.05, 3.63) is 60.4 Å². The van der Waals surface area contributed by atoms with Crippen LogP contribution in [0.4, 0.5) is 15.8 Å². The van der Waals surface area contributed by atoms with Crippen molar-refractivity contribution in [3.63, 3.8) is 0 Å². The van der Waals surface area contributed by atoms with Gasteiger partial charge >= 0.3 is 0 Å². The molecular weight excluding hydrogens is 371 g/mol. The summed E-state index contributed by atoms with van der Waals surface area (Å²) in [7, 11) is 1.81. The minimum absolute atomic E-state index is 0.0958. The monoisotopic (exact) mass is 400 g/mol. The lowest BCUT2D eigenvalue weighted by Gasteiger charge is -2.33. The maximum Gasteiger partial charge on any atom is 0.284 e. The molecule has 0 spiro atoms. The van der Waals surface area contributed by atoms with Crippen LogP contribution in [0.2, 0.25) is 0 Å². The summed E-state index contributed by atoms with van der Waals surface area (Å²) in [5.41, 5.74) is 1.36. The third kappa shape index (κ3) is 5.62. The summed E-state index contributed by atoms with van der Waals surface area (Å²) in [6.07, 6.45) is 0. The van der Waals surface area contributed by atoms with Crippen molar-refractivity contribution in [3.8, 4) is 0 Å². The van der Waals surface area contributed by atoms with Crippen molar-refractivity contribution in [1.29, 1.82) is 0 Å². The number of hydrogen-bond donors (Lipinski definition) is 3. The van der Waals surface area contributed by atoms with E-state index in [-0.39, 0.29) is 23.7 Å². The van der Waals surface area contributed by atoms with Gasteiger partial charge in [-0.25, -0.2) is 4.39 Å². The molecule has 2 aromatic rings. The molecular formula is C22H29FN4O2+2. The largest absolute Gasteiger partial charge is 0.321 e. The van der Waals surface area contributed by atoms with Gasteiger partial charge in [0.2, 0.25) is 0 Å². The number of para-hydroxylation sites is 1. The van der Waals surface area contributed by atoms with Crippen molar-refractivity contribution in [2.75, 3.05) is 50.0 Å². The molecule has 3 rings (SSSR count). The Morgan fingerprint density at radius 2 is 1.76 bits per heavy atom. The van der Waals surface area contributed by atoms with Gasteiger partial charge in [0, 0.05) is 18.4 Å². The number of anilines is 2. The molecule has 154 valence electrons. The van der Waals surface area contributed by atoms with Gasteiger partial charge in [0.1, 0.15) is 32.0 Å². The smallest absolute Gasteiger partial charge is 0.284 e. The SMILES string of the molecule is C[C@@H](C(=O)N(C)c1ccccc1)[NH+]1CC[NH+](CC(=O)Nc2cccc(F)c2)CC1. The number of rotatable bonds is 6. The molecule has 0 saturated carbocycles. The molecule has 1 aliphatic rings. The maximum absolute atomic E-state index is 13.2. The van der Waals surface area contributed by atoms with Gasteiger partial charge in [0.05, 0.1) is 0 Å². The van der Waals surface area contributed by atoms with E-state index in [0.717, 1.165) is 31.9 Å². The number of hydrogen-bond acceptors (Lipinski definition) is 2. The van der Waals surface area contributed by atoms with Crippen LogP contribution in [-0.4, -0.2) is 57.6 Å². The molecule has 29 heavy (non-hydrogen) atoms. The summed E-state index contributed by atoms with van der Waals surface area (Å²) in [5, 5.41) is 2.75. The summed E-state index contributed by atoms with van der Waals surface area (Å²) in [5.74, 6) is -0.396. The second kappa shape index (κ2) is 9.62. The number of halogens is 1. The summed E-state index contributed by atoms with van der Waals surface area (Å²) in [6.45, 7) is 5.61. The normalized spacial score (nSPS) is 20.0. The van der Waals surface area contributed by atoms with Gasteiger partial charge in [-0.15, -0.1) is 0 Å². The Hall–Kier alpha value is -2.77. The lowest BCUT2D eigenvalue weighted by Crippen LogP contribution is -3.30. The van der Waals surface area contributed by atoms with Crippen LogP contribution in [0.25, 0.3) is 0 Å². The van der Waals surface area contributed by atoms with Crippen molar-refractivity contribution >= 4 is 23.2 Å². The van der Waals surface area contributed by atoms with Crippen LogP contribution < -0.4 is 20.0 Å². The standard InChI is InChI=1S/C22H27FN4O2/c1-17(22(29)25(2)20-9-4-3-5-10-20)27-13-11-26(12-14-27)16-21(28)24-19-8-6-7-18(23)15-19/h3-10,15,17H,11-14,16H2,1-2H3,(H,24,28)/p+2/t17-/m0/s1. The Balaban J connectivity index is 1.47. The Bertz CT molecular complexity index is 838. The highest BCUT2D eigenvalue weighted by Crippen LogP contribution is 2.11. The van der Waals surface area contributed by atoms with Crippen molar-refractivity contribution in [2.24, 2.45) is 0 Å². The fourth-order valence-electron chi connectivity index (χ4n) is 3.78. The van der Waals surface area contributed by atoms with E-state index in [4.69, 9.17) is 0 Å². The fourth-order valence-corrected chi connectivity index (χ4v) is 3.78. The number of likely N-dealkylation sites (N-methyl/N-ethyl adjacent to an activating group) is 1. The number of quaternary nitrogens is 2. The third-order valence-electron chi connectivity index (χ3n) is 5.58. The number of carbonyl (C=O) groups excluding carboxylic acids is 2. The van der Waals surface area contributed by atoms with Gasteiger partial charge < -0.3 is 20.0 Å². The Morgan fingerprint density at radius 3 is 2.41 bits per heavy atom. The van der Waals surface area contributed by atoms with E-state index < -0.39 is 0 Å². The van der Waals surface area contributed by atoms with E-state index in [1.807, 2.05) is 44.3 Å². The zero-order chi connectivity index (χ0) is 20.8. The molecule has 2 amide bonds. The second-order valence-corrected chi connectivity index (χ2v) is 7.60. The van der Waals surface area contributed by atoms with Crippen molar-refractivity contribution < 1.29 is 23.8 Å². The summed E-state index contributed by atoms with van der Waals surface area (Å²) in [4.78, 5) is 29.2. The quantitative estimate of drug-likeness (QED) is 0.618. The number of nitrogens with zero attached hydrogens (tertiary/aromatic N) is 1. The van der Waals surface area contributed by atoms with Crippen LogP contribution in [-0.2, 0) is 9.59 Å². The average Bonchev–Trinajstić information content (AvgIpc) is 2.73. The fraction of sp³-hybridized carbons (Fsp3) is 0.364. The van der Waals surface area contributed by atoms with Crippen LogP contribution in [0.1, 0.15) is 6.92 Å². The molecule has 6 nitrogen and oxygen atoms in total. The van der Waals surface area contributed by atoms with E-state index in [9.17, 15) is 14.0 Å². The molecule has 1 saturated heterocycles. The highest BCUT2D eigenvalue weighted by Gasteiger charge is 2.33. The average molecular weight is 400 g/mol. The summed E-state index contributed by atoms with van der Waals surface area (Å²) in [6, 6.07) is 15.4. The number of carbonyl (C=O) groups is 2. The van der Waals surface area contributed by atoms with E-state index in [1.165, 1.54) is 21.9 Å². The first-order valence-corrected chi connectivity index (χ1v) is 10.00. The lowest BCUT2D eigenvalue weighted by atomic mass is 10.2. The number of benzene rings is 2. The highest BCUT2D eigenvalue weighted by molar-refractivity contribution is 5.95. The van der Waals surface area contributed by atoms with Gasteiger partial charge in [-0.3, -0.25) is 9.59 Å². The minimum atomic E-state index is -0.369. The van der Waals surface area contributed by atoms with E-state index in [1.54, 1.807) is 17.0 Å². The minimum Gasteiger partial charge on any atom is -0.321 e. The van der Waals surface area contributed by atoms with E-state index in [2.05, 4.69) is 5.32 Å². The van der Waals surface area contributed by atoms with Crippen molar-refractivity contribution in [1.82, 2.24) is 0 Å². The molecule has 2 aromatic carbocycles. The molecule has 0 aromatic heterocycles. The number of amides is 2. The molecule has 0 bridgehead atoms. The predicted molar refractivity (Wildman–Crippen MR) is 111 cm³/mol. The van der Waals surface area contributed by atoms with Crippen LogP contribution in [0.5, 0.6) is 0 Å². The Morgan fingerprint density at radius 1 is 1.07 bits per heavy atom. The van der Waals surface area contributed by atoms with Crippen LogP contribution in [0.3, 0.4) is 0 Å². The third-order valence-corrected chi connectivity index (χ3v) is 5.58. The lowest BCUT2D eigenvalue weighted by molar-refractivity contribution is -1.01. The number of piperazine rings is 1. The molecule has 1 atom stereocenters. The first-order chi connectivity index (χ1) is 13.9. The van der Waals surface area contributed by atoms with Crippen LogP contribution in [0.15, 0.2) is 54.6 Å². The molecule has 0 radical (unpaired) electrons. The Kier molecular flexibility index (Phi) is 6.95. The van der Waals surface area contributed by atoms with Gasteiger partial charge in [-0.1, -0.05) is 24.3 Å². The second-order valence-electron chi connectivity index (χ2n) is 7.60. The van der Waals surface area contributed by atoms with Gasteiger partial charge in [0.15, 0.2) is 12.6 Å². The highest BCUT2D eigenvalue weighted by atomic mass is 19.1. The Labute approximate surface area is 170 Å². The molecule has 1 aliphatic heterocycles. The first-order valence-electron chi connectivity index (χ1n) is 10.00. The summed E-state index contributed by atoms with van der Waals surface area (Å²) < 4.78 is 13.2. The predicted octanol–water partition coefficient (Wildman–Crippen LogP) is -0.401. The van der Waals surface area contributed by atoms with E-state index in [0.29, 0.717) is 12.2 Å².